The van der Waals surface area contributed by atoms with Gasteiger partial charge in [-0.25, -0.2) is 9.97 Å². The molecule has 100 valence electrons. The molecule has 1 aromatic heterocycles. The number of hydrogen-bond donors (Lipinski definition) is 0. The van der Waals surface area contributed by atoms with Crippen LogP contribution < -0.4 is 0 Å². The van der Waals surface area contributed by atoms with Crippen LogP contribution in [0.15, 0.2) is 24.4 Å². The lowest BCUT2D eigenvalue weighted by atomic mass is 10.1. The molecule has 0 spiro atoms. The first kappa shape index (κ1) is 14.8. The normalized spacial score (nSPS) is 11.1. The van der Waals surface area contributed by atoms with Crippen molar-refractivity contribution in [2.24, 2.45) is 0 Å². The van der Waals surface area contributed by atoms with E-state index in [0.717, 1.165) is 22.2 Å². The number of hydrogen-bond acceptors (Lipinski definition) is 2. The summed E-state index contributed by atoms with van der Waals surface area (Å²) in [6.07, 6.45) is 1.85. The molecule has 0 radical (unpaired) electrons. The number of alkyl halides is 1. The average Bonchev–Trinajstić information content (AvgIpc) is 2.36. The second kappa shape index (κ2) is 6.21. The number of aromatic nitrogens is 2. The summed E-state index contributed by atoms with van der Waals surface area (Å²) in [4.78, 5) is 9.02. The van der Waals surface area contributed by atoms with Crippen molar-refractivity contribution in [1.29, 1.82) is 0 Å². The molecule has 0 amide bonds. The minimum absolute atomic E-state index is 0.337. The highest BCUT2D eigenvalue weighted by Gasteiger charge is 2.12. The summed E-state index contributed by atoms with van der Waals surface area (Å²) >= 11 is 15.5. The Morgan fingerprint density at radius 3 is 2.32 bits per heavy atom. The maximum Gasteiger partial charge on any atom is 0.159 e. The van der Waals surface area contributed by atoms with Gasteiger partial charge in [-0.2, -0.15) is 0 Å². The van der Waals surface area contributed by atoms with Crippen LogP contribution >= 0.6 is 39.1 Å². The second-order valence-electron chi connectivity index (χ2n) is 4.55. The summed E-state index contributed by atoms with van der Waals surface area (Å²) in [7, 11) is 0. The van der Waals surface area contributed by atoms with Crippen molar-refractivity contribution < 1.29 is 0 Å². The van der Waals surface area contributed by atoms with Crippen LogP contribution in [0.1, 0.15) is 31.0 Å². The predicted octanol–water partition coefficient (Wildman–Crippen LogP) is 5.47. The fourth-order valence-electron chi connectivity index (χ4n) is 1.84. The lowest BCUT2D eigenvalue weighted by molar-refractivity contribution is 0.803. The summed E-state index contributed by atoms with van der Waals surface area (Å²) in [5.41, 5.74) is 2.98. The minimum Gasteiger partial charge on any atom is -0.236 e. The van der Waals surface area contributed by atoms with Gasteiger partial charge in [0.15, 0.2) is 5.82 Å². The standard InChI is InChI=1S/C14H13BrCl2N2/c1-8(2)13-10(6-15)7-18-14(19-13)9-3-11(16)5-12(17)4-9/h3-5,7-8H,6H2,1-2H3. The molecule has 0 aliphatic carbocycles. The van der Waals surface area contributed by atoms with Crippen LogP contribution in [0.4, 0.5) is 0 Å². The molecule has 0 aliphatic heterocycles. The van der Waals surface area contributed by atoms with Gasteiger partial charge < -0.3 is 0 Å². The Hall–Kier alpha value is -0.640. The van der Waals surface area contributed by atoms with Crippen LogP contribution in [0.5, 0.6) is 0 Å². The monoisotopic (exact) mass is 358 g/mol. The topological polar surface area (TPSA) is 25.8 Å². The van der Waals surface area contributed by atoms with Crippen molar-refractivity contribution in [1.82, 2.24) is 9.97 Å². The van der Waals surface area contributed by atoms with Gasteiger partial charge in [0.1, 0.15) is 0 Å². The summed E-state index contributed by atoms with van der Waals surface area (Å²) < 4.78 is 0. The smallest absolute Gasteiger partial charge is 0.159 e. The molecule has 0 bridgehead atoms. The van der Waals surface area contributed by atoms with Crippen molar-refractivity contribution in [3.63, 3.8) is 0 Å². The second-order valence-corrected chi connectivity index (χ2v) is 5.98. The van der Waals surface area contributed by atoms with E-state index in [1.54, 1.807) is 6.07 Å². The number of rotatable bonds is 3. The fraction of sp³-hybridized carbons (Fsp3) is 0.286. The van der Waals surface area contributed by atoms with Gasteiger partial charge in [-0.3, -0.25) is 0 Å². The maximum absolute atomic E-state index is 6.01. The number of halogens is 3. The van der Waals surface area contributed by atoms with Gasteiger partial charge in [0, 0.05) is 32.7 Å². The molecule has 0 saturated carbocycles. The summed E-state index contributed by atoms with van der Waals surface area (Å²) in [5.74, 6) is 0.988. The molecular formula is C14H13BrCl2N2. The summed E-state index contributed by atoms with van der Waals surface area (Å²) in [5, 5.41) is 1.92. The van der Waals surface area contributed by atoms with Crippen LogP contribution in [0.25, 0.3) is 11.4 Å². The Morgan fingerprint density at radius 1 is 1.16 bits per heavy atom. The molecule has 2 nitrogen and oxygen atoms in total. The van der Waals surface area contributed by atoms with Gasteiger partial charge in [-0.1, -0.05) is 53.0 Å². The van der Waals surface area contributed by atoms with Crippen LogP contribution in [0, 0.1) is 0 Å². The summed E-state index contributed by atoms with van der Waals surface area (Å²) in [6, 6.07) is 5.34. The third-order valence-corrected chi connectivity index (χ3v) is 3.75. The molecule has 0 saturated heterocycles. The quantitative estimate of drug-likeness (QED) is 0.679. The van der Waals surface area contributed by atoms with E-state index in [9.17, 15) is 0 Å². The largest absolute Gasteiger partial charge is 0.236 e. The van der Waals surface area contributed by atoms with Gasteiger partial charge in [-0.15, -0.1) is 0 Å². The molecule has 5 heteroatoms. The lowest BCUT2D eigenvalue weighted by Crippen LogP contribution is -2.02. The van der Waals surface area contributed by atoms with Crippen LogP contribution in [0.2, 0.25) is 10.0 Å². The zero-order valence-corrected chi connectivity index (χ0v) is 13.7. The minimum atomic E-state index is 0.337. The fourth-order valence-corrected chi connectivity index (χ4v) is 2.80. The van der Waals surface area contributed by atoms with Crippen molar-refractivity contribution in [2.75, 3.05) is 0 Å². The van der Waals surface area contributed by atoms with Crippen molar-refractivity contribution >= 4 is 39.1 Å². The summed E-state index contributed by atoms with van der Waals surface area (Å²) in [6.45, 7) is 4.23. The third-order valence-electron chi connectivity index (χ3n) is 2.71. The molecule has 2 rings (SSSR count). The Balaban J connectivity index is 2.53. The molecule has 1 heterocycles. The first-order valence-corrected chi connectivity index (χ1v) is 7.77. The van der Waals surface area contributed by atoms with E-state index >= 15 is 0 Å². The van der Waals surface area contributed by atoms with Gasteiger partial charge in [-0.05, 0) is 24.1 Å². The highest BCUT2D eigenvalue weighted by molar-refractivity contribution is 9.08. The molecule has 0 N–H and O–H groups in total. The van der Waals surface area contributed by atoms with E-state index < -0.39 is 0 Å². The van der Waals surface area contributed by atoms with Crippen molar-refractivity contribution in [3.8, 4) is 11.4 Å². The molecule has 1 aromatic carbocycles. The zero-order chi connectivity index (χ0) is 14.0. The Labute approximate surface area is 131 Å². The van der Waals surface area contributed by atoms with E-state index in [1.807, 2.05) is 18.3 Å². The van der Waals surface area contributed by atoms with Gasteiger partial charge in [0.25, 0.3) is 0 Å². The van der Waals surface area contributed by atoms with Gasteiger partial charge in [0.2, 0.25) is 0 Å². The van der Waals surface area contributed by atoms with E-state index in [2.05, 4.69) is 39.7 Å². The van der Waals surface area contributed by atoms with Crippen molar-refractivity contribution in [3.05, 3.63) is 45.7 Å². The lowest BCUT2D eigenvalue weighted by Gasteiger charge is -2.11. The van der Waals surface area contributed by atoms with Crippen LogP contribution in [-0.2, 0) is 5.33 Å². The Kier molecular flexibility index (Phi) is 4.82. The highest BCUT2D eigenvalue weighted by Crippen LogP contribution is 2.27. The first-order chi connectivity index (χ1) is 9.01. The number of benzene rings is 1. The molecule has 0 aliphatic rings. The molecular weight excluding hydrogens is 347 g/mol. The SMILES string of the molecule is CC(C)c1nc(-c2cc(Cl)cc(Cl)c2)ncc1CBr. The van der Waals surface area contributed by atoms with E-state index in [1.165, 1.54) is 0 Å². The maximum atomic E-state index is 6.01. The molecule has 0 atom stereocenters. The van der Waals surface area contributed by atoms with E-state index in [0.29, 0.717) is 21.8 Å². The predicted molar refractivity (Wildman–Crippen MR) is 84.2 cm³/mol. The third kappa shape index (κ3) is 3.47. The Bertz CT molecular complexity index is 580. The van der Waals surface area contributed by atoms with Crippen LogP contribution in [-0.4, -0.2) is 9.97 Å². The first-order valence-electron chi connectivity index (χ1n) is 5.89. The number of nitrogens with zero attached hydrogens (tertiary/aromatic N) is 2. The van der Waals surface area contributed by atoms with Gasteiger partial charge in [0.05, 0.1) is 5.69 Å². The van der Waals surface area contributed by atoms with Crippen molar-refractivity contribution in [2.45, 2.75) is 25.1 Å². The zero-order valence-electron chi connectivity index (χ0n) is 10.6. The molecule has 2 aromatic rings. The molecule has 0 unspecified atom stereocenters. The van der Waals surface area contributed by atoms with E-state index in [4.69, 9.17) is 23.2 Å². The Morgan fingerprint density at radius 2 is 1.79 bits per heavy atom. The van der Waals surface area contributed by atoms with E-state index in [-0.39, 0.29) is 0 Å². The molecule has 19 heavy (non-hydrogen) atoms. The average molecular weight is 360 g/mol. The van der Waals surface area contributed by atoms with Crippen LogP contribution in [0.3, 0.4) is 0 Å². The highest BCUT2D eigenvalue weighted by atomic mass is 79.9. The molecule has 0 fully saturated rings. The van der Waals surface area contributed by atoms with Gasteiger partial charge >= 0.3 is 0 Å².